The van der Waals surface area contributed by atoms with Crippen LogP contribution in [-0.4, -0.2) is 38.8 Å². The first kappa shape index (κ1) is 13.0. The molecule has 0 fully saturated rings. The normalized spacial score (nSPS) is 12.9. The summed E-state index contributed by atoms with van der Waals surface area (Å²) in [5.41, 5.74) is 0.846. The molecule has 2 rings (SSSR count). The van der Waals surface area contributed by atoms with E-state index < -0.39 is 0 Å². The minimum atomic E-state index is 0.111. The summed E-state index contributed by atoms with van der Waals surface area (Å²) in [7, 11) is 0. The fraction of sp³-hybridized carbons (Fsp3) is 0.545. The Hall–Kier alpha value is -1.40. The van der Waals surface area contributed by atoms with E-state index in [1.165, 1.54) is 6.33 Å². The van der Waals surface area contributed by atoms with E-state index in [-0.39, 0.29) is 6.10 Å². The number of hydrogen-bond acceptors (Lipinski definition) is 5. The molecule has 2 aromatic heterocycles. The highest BCUT2D eigenvalue weighted by molar-refractivity contribution is 6.30. The third-order valence-electron chi connectivity index (χ3n) is 2.61. The van der Waals surface area contributed by atoms with Crippen molar-refractivity contribution in [2.75, 3.05) is 18.5 Å². The summed E-state index contributed by atoms with van der Waals surface area (Å²) in [6.07, 6.45) is 1.56. The summed E-state index contributed by atoms with van der Waals surface area (Å²) in [6.45, 7) is 7.24. The van der Waals surface area contributed by atoms with E-state index in [1.807, 2.05) is 20.8 Å². The van der Waals surface area contributed by atoms with Crippen LogP contribution in [0.2, 0.25) is 5.15 Å². The molecule has 0 saturated heterocycles. The minimum absolute atomic E-state index is 0.111. The van der Waals surface area contributed by atoms with Gasteiger partial charge in [-0.15, -0.1) is 0 Å². The molecule has 1 N–H and O–H groups in total. The Morgan fingerprint density at radius 1 is 1.56 bits per heavy atom. The second kappa shape index (κ2) is 5.49. The smallest absolute Gasteiger partial charge is 0.255 e. The lowest BCUT2D eigenvalue weighted by molar-refractivity contribution is 0.0854. The minimum Gasteiger partial charge on any atom is -0.377 e. The van der Waals surface area contributed by atoms with Gasteiger partial charge in [-0.2, -0.15) is 19.6 Å². The molecule has 2 heterocycles. The van der Waals surface area contributed by atoms with Crippen LogP contribution in [0, 0.1) is 6.92 Å². The van der Waals surface area contributed by atoms with Crippen LogP contribution in [0.25, 0.3) is 5.78 Å². The van der Waals surface area contributed by atoms with Crippen LogP contribution < -0.4 is 5.32 Å². The van der Waals surface area contributed by atoms with Crippen LogP contribution in [0.15, 0.2) is 6.33 Å². The largest absolute Gasteiger partial charge is 0.377 e. The molecular formula is C11H16ClN5O. The molecule has 98 valence electrons. The van der Waals surface area contributed by atoms with Crippen molar-refractivity contribution in [1.29, 1.82) is 0 Å². The van der Waals surface area contributed by atoms with E-state index in [4.69, 9.17) is 16.3 Å². The molecule has 0 saturated carbocycles. The number of hydrogen-bond donors (Lipinski definition) is 1. The Kier molecular flexibility index (Phi) is 3.98. The van der Waals surface area contributed by atoms with Crippen molar-refractivity contribution in [3.8, 4) is 0 Å². The monoisotopic (exact) mass is 269 g/mol. The fourth-order valence-electron chi connectivity index (χ4n) is 1.69. The Morgan fingerprint density at radius 3 is 3.06 bits per heavy atom. The topological polar surface area (TPSA) is 64.3 Å². The standard InChI is InChI=1S/C11H16ClN5O/c1-4-18-7(2)5-13-10-8(3)9(12)16-11-14-6-15-17(10)11/h6-7,13H,4-5H2,1-3H3. The van der Waals surface area contributed by atoms with E-state index in [9.17, 15) is 0 Å². The van der Waals surface area contributed by atoms with Gasteiger partial charge in [-0.25, -0.2) is 0 Å². The van der Waals surface area contributed by atoms with Gasteiger partial charge in [-0.3, -0.25) is 0 Å². The maximum atomic E-state index is 6.06. The molecule has 7 heteroatoms. The maximum Gasteiger partial charge on any atom is 0.255 e. The van der Waals surface area contributed by atoms with Gasteiger partial charge in [-0.1, -0.05) is 11.6 Å². The zero-order valence-electron chi connectivity index (χ0n) is 10.6. The van der Waals surface area contributed by atoms with E-state index in [1.54, 1.807) is 4.52 Å². The van der Waals surface area contributed by atoms with Crippen molar-refractivity contribution in [3.63, 3.8) is 0 Å². The molecule has 0 spiro atoms. The SMILES string of the molecule is CCOC(C)CNc1c(C)c(Cl)nc2ncnn12. The lowest BCUT2D eigenvalue weighted by Crippen LogP contribution is -2.21. The molecule has 0 aliphatic rings. The molecule has 0 aliphatic carbocycles. The second-order valence-corrected chi connectivity index (χ2v) is 4.35. The van der Waals surface area contributed by atoms with Gasteiger partial charge in [0.15, 0.2) is 0 Å². The third kappa shape index (κ3) is 2.54. The number of nitrogens with one attached hydrogen (secondary N) is 1. The molecule has 0 radical (unpaired) electrons. The average Bonchev–Trinajstić information content (AvgIpc) is 2.77. The summed E-state index contributed by atoms with van der Waals surface area (Å²) < 4.78 is 7.11. The van der Waals surface area contributed by atoms with Crippen LogP contribution in [0.1, 0.15) is 19.4 Å². The molecule has 1 unspecified atom stereocenters. The first-order chi connectivity index (χ1) is 8.63. The summed E-state index contributed by atoms with van der Waals surface area (Å²) in [5, 5.41) is 7.84. The van der Waals surface area contributed by atoms with Crippen molar-refractivity contribution in [3.05, 3.63) is 17.0 Å². The molecular weight excluding hydrogens is 254 g/mol. The first-order valence-corrected chi connectivity index (χ1v) is 6.22. The van der Waals surface area contributed by atoms with E-state index >= 15 is 0 Å². The van der Waals surface area contributed by atoms with Gasteiger partial charge in [0, 0.05) is 18.7 Å². The first-order valence-electron chi connectivity index (χ1n) is 5.84. The fourth-order valence-corrected chi connectivity index (χ4v) is 1.85. The predicted molar refractivity (Wildman–Crippen MR) is 70.1 cm³/mol. The van der Waals surface area contributed by atoms with Gasteiger partial charge in [0.25, 0.3) is 5.78 Å². The molecule has 0 aliphatic heterocycles. The molecule has 0 bridgehead atoms. The van der Waals surface area contributed by atoms with Gasteiger partial charge in [0.1, 0.15) is 17.3 Å². The van der Waals surface area contributed by atoms with Gasteiger partial charge in [0.2, 0.25) is 0 Å². The van der Waals surface area contributed by atoms with Crippen LogP contribution >= 0.6 is 11.6 Å². The summed E-state index contributed by atoms with van der Waals surface area (Å²) in [5.74, 6) is 1.28. The lowest BCUT2D eigenvalue weighted by Gasteiger charge is -2.15. The van der Waals surface area contributed by atoms with Gasteiger partial charge in [-0.05, 0) is 20.8 Å². The third-order valence-corrected chi connectivity index (χ3v) is 2.98. The Labute approximate surface area is 110 Å². The van der Waals surface area contributed by atoms with E-state index in [0.717, 1.165) is 11.4 Å². The second-order valence-electron chi connectivity index (χ2n) is 3.99. The van der Waals surface area contributed by atoms with Crippen LogP contribution in [0.4, 0.5) is 5.82 Å². The van der Waals surface area contributed by atoms with Crippen molar-refractivity contribution in [1.82, 2.24) is 19.6 Å². The number of aromatic nitrogens is 4. The highest BCUT2D eigenvalue weighted by atomic mass is 35.5. The van der Waals surface area contributed by atoms with Gasteiger partial charge in [0.05, 0.1) is 6.10 Å². The molecule has 6 nitrogen and oxygen atoms in total. The molecule has 18 heavy (non-hydrogen) atoms. The molecule has 2 aromatic rings. The number of halogens is 1. The highest BCUT2D eigenvalue weighted by Crippen LogP contribution is 2.21. The predicted octanol–water partition coefficient (Wildman–Crippen LogP) is 1.92. The van der Waals surface area contributed by atoms with Crippen LogP contribution in [0.5, 0.6) is 0 Å². The summed E-state index contributed by atoms with van der Waals surface area (Å²) in [4.78, 5) is 8.17. The maximum absolute atomic E-state index is 6.06. The number of anilines is 1. The number of rotatable bonds is 5. The summed E-state index contributed by atoms with van der Waals surface area (Å²) >= 11 is 6.06. The van der Waals surface area contributed by atoms with E-state index in [2.05, 4.69) is 20.4 Å². The number of ether oxygens (including phenoxy) is 1. The van der Waals surface area contributed by atoms with Gasteiger partial charge >= 0.3 is 0 Å². The Balaban J connectivity index is 2.26. The number of fused-ring (bicyclic) bond motifs is 1. The Morgan fingerprint density at radius 2 is 2.33 bits per heavy atom. The lowest BCUT2D eigenvalue weighted by atomic mass is 10.3. The zero-order chi connectivity index (χ0) is 13.1. The Bertz CT molecular complexity index is 541. The van der Waals surface area contributed by atoms with Crippen molar-refractivity contribution in [2.24, 2.45) is 0 Å². The molecule has 0 aromatic carbocycles. The van der Waals surface area contributed by atoms with Crippen molar-refractivity contribution in [2.45, 2.75) is 26.9 Å². The average molecular weight is 270 g/mol. The summed E-state index contributed by atoms with van der Waals surface area (Å²) in [6, 6.07) is 0. The van der Waals surface area contributed by atoms with Crippen molar-refractivity contribution >= 4 is 23.2 Å². The van der Waals surface area contributed by atoms with Crippen LogP contribution in [-0.2, 0) is 4.74 Å². The molecule has 1 atom stereocenters. The van der Waals surface area contributed by atoms with Crippen molar-refractivity contribution < 1.29 is 4.74 Å². The van der Waals surface area contributed by atoms with Crippen LogP contribution in [0.3, 0.4) is 0 Å². The number of nitrogens with zero attached hydrogens (tertiary/aromatic N) is 4. The highest BCUT2D eigenvalue weighted by Gasteiger charge is 2.12. The van der Waals surface area contributed by atoms with E-state index in [0.29, 0.717) is 24.1 Å². The molecule has 0 amide bonds. The van der Waals surface area contributed by atoms with Gasteiger partial charge < -0.3 is 10.1 Å². The quantitative estimate of drug-likeness (QED) is 0.840. The zero-order valence-corrected chi connectivity index (χ0v) is 11.4.